The fourth-order valence-corrected chi connectivity index (χ4v) is 4.04. The van der Waals surface area contributed by atoms with E-state index in [-0.39, 0.29) is 11.3 Å². The minimum Gasteiger partial charge on any atom is -0.507 e. The van der Waals surface area contributed by atoms with E-state index in [1.807, 2.05) is 43.3 Å². The summed E-state index contributed by atoms with van der Waals surface area (Å²) in [4.78, 5) is 27.3. The molecule has 0 aromatic heterocycles. The van der Waals surface area contributed by atoms with E-state index in [0.29, 0.717) is 25.1 Å². The summed E-state index contributed by atoms with van der Waals surface area (Å²) in [6.07, 6.45) is 4.87. The first-order chi connectivity index (χ1) is 15.5. The molecule has 2 aromatic rings. The van der Waals surface area contributed by atoms with Crippen molar-refractivity contribution in [2.45, 2.75) is 58.9 Å². The Hall–Kier alpha value is -3.08. The number of nitrogens with zero attached hydrogens (tertiary/aromatic N) is 1. The van der Waals surface area contributed by atoms with Gasteiger partial charge in [0.05, 0.1) is 18.2 Å². The SMILES string of the molecule is CCCCCOc1ccc(C2/C(=C(/O)c3ccc(CC)cc3)C(=O)C(=O)N2CCC)cc1. The zero-order chi connectivity index (χ0) is 23.1. The molecule has 1 fully saturated rings. The van der Waals surface area contributed by atoms with Crippen LogP contribution in [0.25, 0.3) is 5.76 Å². The van der Waals surface area contributed by atoms with Crippen LogP contribution in [0.15, 0.2) is 54.1 Å². The molecule has 0 spiro atoms. The van der Waals surface area contributed by atoms with Gasteiger partial charge in [0.25, 0.3) is 11.7 Å². The van der Waals surface area contributed by atoms with Crippen LogP contribution in [0.2, 0.25) is 0 Å². The monoisotopic (exact) mass is 435 g/mol. The number of carbonyl (C=O) groups is 2. The zero-order valence-corrected chi connectivity index (χ0v) is 19.3. The molecule has 5 heteroatoms. The van der Waals surface area contributed by atoms with E-state index in [9.17, 15) is 14.7 Å². The van der Waals surface area contributed by atoms with Crippen LogP contribution in [0.5, 0.6) is 5.75 Å². The zero-order valence-electron chi connectivity index (χ0n) is 19.3. The number of aliphatic hydroxyl groups excluding tert-OH is 1. The second-order valence-corrected chi connectivity index (χ2v) is 8.17. The van der Waals surface area contributed by atoms with Crippen LogP contribution in [0.1, 0.15) is 69.2 Å². The first-order valence-corrected chi connectivity index (χ1v) is 11.6. The third-order valence-corrected chi connectivity index (χ3v) is 5.85. The van der Waals surface area contributed by atoms with Crippen LogP contribution >= 0.6 is 0 Å². The molecule has 1 amide bonds. The molecule has 1 aliphatic heterocycles. The van der Waals surface area contributed by atoms with Crippen molar-refractivity contribution in [3.8, 4) is 5.75 Å². The van der Waals surface area contributed by atoms with Crippen molar-refractivity contribution in [3.05, 3.63) is 70.8 Å². The number of hydrogen-bond acceptors (Lipinski definition) is 4. The number of aliphatic hydroxyl groups is 1. The van der Waals surface area contributed by atoms with Gasteiger partial charge in [0.2, 0.25) is 0 Å². The lowest BCUT2D eigenvalue weighted by atomic mass is 9.95. The average molecular weight is 436 g/mol. The molecule has 0 radical (unpaired) electrons. The highest BCUT2D eigenvalue weighted by Crippen LogP contribution is 2.39. The molecular formula is C27H33NO4. The van der Waals surface area contributed by atoms with Gasteiger partial charge in [-0.05, 0) is 42.5 Å². The van der Waals surface area contributed by atoms with Crippen molar-refractivity contribution >= 4 is 17.4 Å². The molecule has 0 saturated carbocycles. The maximum atomic E-state index is 12.9. The van der Waals surface area contributed by atoms with E-state index < -0.39 is 17.7 Å². The molecule has 2 aromatic carbocycles. The Morgan fingerprint density at radius 3 is 2.22 bits per heavy atom. The van der Waals surface area contributed by atoms with E-state index >= 15 is 0 Å². The molecule has 5 nitrogen and oxygen atoms in total. The largest absolute Gasteiger partial charge is 0.507 e. The Morgan fingerprint density at radius 1 is 0.938 bits per heavy atom. The molecular weight excluding hydrogens is 402 g/mol. The number of benzene rings is 2. The van der Waals surface area contributed by atoms with Gasteiger partial charge in [-0.2, -0.15) is 0 Å². The molecule has 1 atom stereocenters. The summed E-state index contributed by atoms with van der Waals surface area (Å²) in [5.74, 6) is -0.578. The molecule has 1 N–H and O–H groups in total. The predicted molar refractivity (Wildman–Crippen MR) is 127 cm³/mol. The summed E-state index contributed by atoms with van der Waals surface area (Å²) in [6, 6.07) is 14.3. The third kappa shape index (κ3) is 5.04. The quantitative estimate of drug-likeness (QED) is 0.227. The smallest absolute Gasteiger partial charge is 0.295 e. The van der Waals surface area contributed by atoms with Gasteiger partial charge in [-0.1, -0.05) is 70.0 Å². The third-order valence-electron chi connectivity index (χ3n) is 5.85. The van der Waals surface area contributed by atoms with Crippen molar-refractivity contribution in [3.63, 3.8) is 0 Å². The molecule has 0 aliphatic carbocycles. The lowest BCUT2D eigenvalue weighted by Gasteiger charge is -2.25. The highest BCUT2D eigenvalue weighted by atomic mass is 16.5. The van der Waals surface area contributed by atoms with Gasteiger partial charge in [-0.25, -0.2) is 0 Å². The average Bonchev–Trinajstić information content (AvgIpc) is 3.07. The number of ether oxygens (including phenoxy) is 1. The molecule has 32 heavy (non-hydrogen) atoms. The van der Waals surface area contributed by atoms with Crippen molar-refractivity contribution in [2.24, 2.45) is 0 Å². The predicted octanol–water partition coefficient (Wildman–Crippen LogP) is 5.65. The molecule has 3 rings (SSSR count). The van der Waals surface area contributed by atoms with Crippen LogP contribution < -0.4 is 4.74 Å². The summed E-state index contributed by atoms with van der Waals surface area (Å²) in [5.41, 5.74) is 2.60. The van der Waals surface area contributed by atoms with Crippen molar-refractivity contribution < 1.29 is 19.4 Å². The number of aryl methyl sites for hydroxylation is 1. The Balaban J connectivity index is 1.96. The van der Waals surface area contributed by atoms with E-state index in [0.717, 1.165) is 42.6 Å². The van der Waals surface area contributed by atoms with Crippen LogP contribution in [0.3, 0.4) is 0 Å². The van der Waals surface area contributed by atoms with Crippen LogP contribution in [-0.2, 0) is 16.0 Å². The molecule has 1 aliphatic rings. The van der Waals surface area contributed by atoms with Gasteiger partial charge in [-0.15, -0.1) is 0 Å². The number of likely N-dealkylation sites (tertiary alicyclic amines) is 1. The summed E-state index contributed by atoms with van der Waals surface area (Å²) in [7, 11) is 0. The fraction of sp³-hybridized carbons (Fsp3) is 0.407. The van der Waals surface area contributed by atoms with Crippen LogP contribution in [0, 0.1) is 0 Å². The van der Waals surface area contributed by atoms with Gasteiger partial charge in [0.1, 0.15) is 11.5 Å². The Bertz CT molecular complexity index is 960. The Labute approximate surface area is 190 Å². The molecule has 1 unspecified atom stereocenters. The van der Waals surface area contributed by atoms with Gasteiger partial charge < -0.3 is 14.7 Å². The molecule has 170 valence electrons. The first kappa shape index (κ1) is 23.6. The van der Waals surface area contributed by atoms with Gasteiger partial charge in [0.15, 0.2) is 0 Å². The van der Waals surface area contributed by atoms with Crippen LogP contribution in [-0.4, -0.2) is 34.8 Å². The number of unbranched alkanes of at least 4 members (excludes halogenated alkanes) is 2. The number of hydrogen-bond donors (Lipinski definition) is 1. The van der Waals surface area contributed by atoms with Gasteiger partial charge >= 0.3 is 0 Å². The summed E-state index contributed by atoms with van der Waals surface area (Å²) in [6.45, 7) is 7.28. The van der Waals surface area contributed by atoms with E-state index in [4.69, 9.17) is 4.74 Å². The Kier molecular flexibility index (Phi) is 8.09. The van der Waals surface area contributed by atoms with Crippen molar-refractivity contribution in [2.75, 3.05) is 13.2 Å². The maximum Gasteiger partial charge on any atom is 0.295 e. The highest BCUT2D eigenvalue weighted by molar-refractivity contribution is 6.46. The number of amides is 1. The van der Waals surface area contributed by atoms with E-state index in [1.54, 1.807) is 17.0 Å². The Morgan fingerprint density at radius 2 is 1.62 bits per heavy atom. The lowest BCUT2D eigenvalue weighted by Crippen LogP contribution is -2.30. The standard InChI is InChI=1S/C27H33NO4/c1-4-7-8-18-32-22-15-13-20(14-16-22)24-23(26(30)27(31)28(24)17-5-2)25(29)21-11-9-19(6-3)10-12-21/h9-16,24,29H,4-8,17-18H2,1-3H3/b25-23-. The first-order valence-electron chi connectivity index (χ1n) is 11.6. The van der Waals surface area contributed by atoms with E-state index in [1.165, 1.54) is 0 Å². The van der Waals surface area contributed by atoms with Crippen molar-refractivity contribution in [1.29, 1.82) is 0 Å². The number of rotatable bonds is 10. The van der Waals surface area contributed by atoms with E-state index in [2.05, 4.69) is 13.8 Å². The topological polar surface area (TPSA) is 66.8 Å². The number of Topliss-reactive ketones (excluding diaryl/α,β-unsaturated/α-hetero) is 1. The van der Waals surface area contributed by atoms with Crippen LogP contribution in [0.4, 0.5) is 0 Å². The summed E-state index contributed by atoms with van der Waals surface area (Å²) < 4.78 is 5.80. The fourth-order valence-electron chi connectivity index (χ4n) is 4.04. The second-order valence-electron chi connectivity index (χ2n) is 8.17. The normalized spacial score (nSPS) is 17.7. The second kappa shape index (κ2) is 11.0. The lowest BCUT2D eigenvalue weighted by molar-refractivity contribution is -0.139. The van der Waals surface area contributed by atoms with Crippen molar-refractivity contribution in [1.82, 2.24) is 4.90 Å². The molecule has 1 heterocycles. The molecule has 1 saturated heterocycles. The number of carbonyl (C=O) groups excluding carboxylic acids is 2. The summed E-state index contributed by atoms with van der Waals surface area (Å²) in [5, 5.41) is 11.1. The minimum atomic E-state index is -0.639. The molecule has 0 bridgehead atoms. The van der Waals surface area contributed by atoms with Gasteiger partial charge in [-0.3, -0.25) is 9.59 Å². The minimum absolute atomic E-state index is 0.130. The van der Waals surface area contributed by atoms with Gasteiger partial charge in [0, 0.05) is 12.1 Å². The summed E-state index contributed by atoms with van der Waals surface area (Å²) >= 11 is 0. The maximum absolute atomic E-state index is 12.9. The highest BCUT2D eigenvalue weighted by Gasteiger charge is 2.45. The number of ketones is 1.